The van der Waals surface area contributed by atoms with Gasteiger partial charge < -0.3 is 10.1 Å². The smallest absolute Gasteiger partial charge is 0.220 e. The fraction of sp³-hybridized carbons (Fsp3) is 0.923. The molecule has 2 rings (SSSR count). The molecular formula is C13H23NO2. The van der Waals surface area contributed by atoms with Gasteiger partial charge in [-0.3, -0.25) is 4.79 Å². The Balaban J connectivity index is 2.17. The average Bonchev–Trinajstić information content (AvgIpc) is 2.59. The topological polar surface area (TPSA) is 38.3 Å². The zero-order valence-electron chi connectivity index (χ0n) is 10.4. The minimum atomic E-state index is 0.0615. The lowest BCUT2D eigenvalue weighted by atomic mass is 9.71. The van der Waals surface area contributed by atoms with Crippen LogP contribution < -0.4 is 5.32 Å². The van der Waals surface area contributed by atoms with Gasteiger partial charge in [0.2, 0.25) is 5.91 Å². The quantitative estimate of drug-likeness (QED) is 0.800. The van der Waals surface area contributed by atoms with Crippen LogP contribution in [-0.4, -0.2) is 24.7 Å². The van der Waals surface area contributed by atoms with Crippen LogP contribution >= 0.6 is 0 Å². The Labute approximate surface area is 97.9 Å². The Hall–Kier alpha value is -0.570. The second-order valence-electron chi connectivity index (χ2n) is 5.26. The molecule has 16 heavy (non-hydrogen) atoms. The zero-order valence-corrected chi connectivity index (χ0v) is 10.4. The molecule has 2 fully saturated rings. The highest BCUT2D eigenvalue weighted by Crippen LogP contribution is 2.42. The SMILES string of the molecule is CCC(OC)C1CC(=O)NC12CCCCC2. The number of hydrogen-bond acceptors (Lipinski definition) is 2. The molecule has 0 aromatic rings. The van der Waals surface area contributed by atoms with Crippen molar-refractivity contribution in [1.82, 2.24) is 5.32 Å². The minimum absolute atomic E-state index is 0.0615. The van der Waals surface area contributed by atoms with E-state index in [9.17, 15) is 4.79 Å². The van der Waals surface area contributed by atoms with Crippen LogP contribution in [0.3, 0.4) is 0 Å². The minimum Gasteiger partial charge on any atom is -0.381 e. The summed E-state index contributed by atoms with van der Waals surface area (Å²) in [6, 6.07) is 0. The summed E-state index contributed by atoms with van der Waals surface area (Å²) >= 11 is 0. The first kappa shape index (κ1) is 11.9. The Morgan fingerprint density at radius 1 is 1.44 bits per heavy atom. The largest absolute Gasteiger partial charge is 0.381 e. The number of nitrogens with one attached hydrogen (secondary N) is 1. The van der Waals surface area contributed by atoms with Gasteiger partial charge in [-0.2, -0.15) is 0 Å². The second kappa shape index (κ2) is 4.74. The summed E-state index contributed by atoms with van der Waals surface area (Å²) in [5.74, 6) is 0.609. The molecular weight excluding hydrogens is 202 g/mol. The lowest BCUT2D eigenvalue weighted by molar-refractivity contribution is -0.120. The van der Waals surface area contributed by atoms with E-state index in [-0.39, 0.29) is 17.6 Å². The van der Waals surface area contributed by atoms with Crippen molar-refractivity contribution in [2.75, 3.05) is 7.11 Å². The van der Waals surface area contributed by atoms with Crippen molar-refractivity contribution >= 4 is 5.91 Å². The molecule has 1 spiro atoms. The third-order valence-electron chi connectivity index (χ3n) is 4.40. The third kappa shape index (κ3) is 1.97. The summed E-state index contributed by atoms with van der Waals surface area (Å²) in [6.45, 7) is 2.15. The lowest BCUT2D eigenvalue weighted by Gasteiger charge is -2.41. The van der Waals surface area contributed by atoms with Crippen molar-refractivity contribution in [3.8, 4) is 0 Å². The predicted molar refractivity (Wildman–Crippen MR) is 63.2 cm³/mol. The molecule has 1 heterocycles. The van der Waals surface area contributed by atoms with Crippen molar-refractivity contribution < 1.29 is 9.53 Å². The lowest BCUT2D eigenvalue weighted by Crippen LogP contribution is -2.50. The molecule has 1 saturated heterocycles. The molecule has 1 aliphatic heterocycles. The molecule has 1 N–H and O–H groups in total. The van der Waals surface area contributed by atoms with Gasteiger partial charge in [0.25, 0.3) is 0 Å². The summed E-state index contributed by atoms with van der Waals surface area (Å²) < 4.78 is 5.57. The first-order valence-corrected chi connectivity index (χ1v) is 6.55. The maximum absolute atomic E-state index is 11.7. The van der Waals surface area contributed by atoms with E-state index in [1.165, 1.54) is 19.3 Å². The van der Waals surface area contributed by atoms with E-state index in [2.05, 4.69) is 12.2 Å². The molecule has 92 valence electrons. The fourth-order valence-electron chi connectivity index (χ4n) is 3.60. The first-order valence-electron chi connectivity index (χ1n) is 6.55. The molecule has 1 aliphatic carbocycles. The predicted octanol–water partition coefficient (Wildman–Crippen LogP) is 2.25. The maximum Gasteiger partial charge on any atom is 0.220 e. The molecule has 3 nitrogen and oxygen atoms in total. The van der Waals surface area contributed by atoms with Crippen molar-refractivity contribution in [2.45, 2.75) is 63.5 Å². The summed E-state index contributed by atoms with van der Waals surface area (Å²) in [5, 5.41) is 3.25. The van der Waals surface area contributed by atoms with Gasteiger partial charge in [-0.1, -0.05) is 26.2 Å². The summed E-state index contributed by atoms with van der Waals surface area (Å²) in [6.07, 6.45) is 7.98. The van der Waals surface area contributed by atoms with Gasteiger partial charge in [0.15, 0.2) is 0 Å². The van der Waals surface area contributed by atoms with Crippen LogP contribution in [0.25, 0.3) is 0 Å². The normalized spacial score (nSPS) is 30.4. The Morgan fingerprint density at radius 3 is 2.69 bits per heavy atom. The monoisotopic (exact) mass is 225 g/mol. The van der Waals surface area contributed by atoms with Crippen molar-refractivity contribution in [1.29, 1.82) is 0 Å². The van der Waals surface area contributed by atoms with Crippen LogP contribution in [0.1, 0.15) is 51.9 Å². The van der Waals surface area contributed by atoms with E-state index in [1.807, 2.05) is 0 Å². The van der Waals surface area contributed by atoms with E-state index in [0.29, 0.717) is 12.3 Å². The number of ether oxygens (including phenoxy) is 1. The summed E-state index contributed by atoms with van der Waals surface area (Å²) in [7, 11) is 1.77. The number of methoxy groups -OCH3 is 1. The first-order chi connectivity index (χ1) is 7.72. The standard InChI is InChI=1S/C13H23NO2/c1-3-11(16-2)10-9-12(15)14-13(10)7-5-4-6-8-13/h10-11H,3-9H2,1-2H3,(H,14,15). The van der Waals surface area contributed by atoms with Crippen LogP contribution in [0.15, 0.2) is 0 Å². The van der Waals surface area contributed by atoms with Crippen molar-refractivity contribution in [3.63, 3.8) is 0 Å². The van der Waals surface area contributed by atoms with E-state index >= 15 is 0 Å². The molecule has 0 bridgehead atoms. The van der Waals surface area contributed by atoms with E-state index in [0.717, 1.165) is 19.3 Å². The molecule has 2 aliphatic rings. The van der Waals surface area contributed by atoms with Crippen LogP contribution in [0, 0.1) is 5.92 Å². The number of carbonyl (C=O) groups excluding carboxylic acids is 1. The molecule has 0 radical (unpaired) electrons. The van der Waals surface area contributed by atoms with Crippen LogP contribution in [-0.2, 0) is 9.53 Å². The molecule has 2 unspecified atom stereocenters. The van der Waals surface area contributed by atoms with Gasteiger partial charge in [-0.25, -0.2) is 0 Å². The van der Waals surface area contributed by atoms with Gasteiger partial charge in [0, 0.05) is 25.0 Å². The fourth-order valence-corrected chi connectivity index (χ4v) is 3.60. The zero-order chi connectivity index (χ0) is 11.6. The molecule has 2 atom stereocenters. The van der Waals surface area contributed by atoms with Crippen molar-refractivity contribution in [2.24, 2.45) is 5.92 Å². The highest BCUT2D eigenvalue weighted by molar-refractivity contribution is 5.80. The highest BCUT2D eigenvalue weighted by atomic mass is 16.5. The van der Waals surface area contributed by atoms with Gasteiger partial charge in [0.05, 0.1) is 6.10 Å². The van der Waals surface area contributed by atoms with Gasteiger partial charge in [-0.05, 0) is 19.3 Å². The van der Waals surface area contributed by atoms with E-state index in [1.54, 1.807) is 7.11 Å². The Morgan fingerprint density at radius 2 is 2.12 bits per heavy atom. The maximum atomic E-state index is 11.7. The van der Waals surface area contributed by atoms with Gasteiger partial charge >= 0.3 is 0 Å². The Bertz CT molecular complexity index is 255. The second-order valence-corrected chi connectivity index (χ2v) is 5.26. The average molecular weight is 225 g/mol. The van der Waals surface area contributed by atoms with E-state index in [4.69, 9.17) is 4.74 Å². The molecule has 0 aromatic heterocycles. The number of hydrogen-bond donors (Lipinski definition) is 1. The Kier molecular flexibility index (Phi) is 3.53. The van der Waals surface area contributed by atoms with Gasteiger partial charge in [-0.15, -0.1) is 0 Å². The highest BCUT2D eigenvalue weighted by Gasteiger charge is 2.49. The molecule has 3 heteroatoms. The molecule has 1 amide bonds. The molecule has 1 saturated carbocycles. The number of carbonyl (C=O) groups is 1. The summed E-state index contributed by atoms with van der Waals surface area (Å²) in [4.78, 5) is 11.7. The van der Waals surface area contributed by atoms with Crippen LogP contribution in [0.5, 0.6) is 0 Å². The van der Waals surface area contributed by atoms with Crippen LogP contribution in [0.4, 0.5) is 0 Å². The number of amides is 1. The van der Waals surface area contributed by atoms with E-state index < -0.39 is 0 Å². The van der Waals surface area contributed by atoms with Crippen molar-refractivity contribution in [3.05, 3.63) is 0 Å². The van der Waals surface area contributed by atoms with Gasteiger partial charge in [0.1, 0.15) is 0 Å². The summed E-state index contributed by atoms with van der Waals surface area (Å²) in [5.41, 5.74) is 0.0615. The molecule has 0 aromatic carbocycles. The number of rotatable bonds is 3. The van der Waals surface area contributed by atoms with Crippen LogP contribution in [0.2, 0.25) is 0 Å². The third-order valence-corrected chi connectivity index (χ3v) is 4.40.